The van der Waals surface area contributed by atoms with Gasteiger partial charge in [0.1, 0.15) is 5.58 Å². The number of hydrogen-bond acceptors (Lipinski definition) is 2. The smallest absolute Gasteiger partial charge is 0.159 e. The predicted octanol–water partition coefficient (Wildman–Crippen LogP) is 16.4. The minimum atomic E-state index is -0.661. The fourth-order valence-corrected chi connectivity index (χ4v) is 10.2. The van der Waals surface area contributed by atoms with Crippen molar-refractivity contribution in [3.8, 4) is 44.5 Å². The van der Waals surface area contributed by atoms with E-state index in [1.54, 1.807) is 0 Å². The summed E-state index contributed by atoms with van der Waals surface area (Å²) in [6.07, 6.45) is 0. The van der Waals surface area contributed by atoms with Gasteiger partial charge in [0, 0.05) is 22.0 Å². The molecule has 2 heteroatoms. The van der Waals surface area contributed by atoms with E-state index in [0.29, 0.717) is 0 Å². The Hall–Kier alpha value is -8.20. The maximum Gasteiger partial charge on any atom is 0.159 e. The van der Waals surface area contributed by atoms with E-state index in [9.17, 15) is 0 Å². The molecule has 0 saturated heterocycles. The number of anilines is 3. The largest absolute Gasteiger partial charge is 0.454 e. The Morgan fingerprint density at radius 2 is 0.810 bits per heavy atom. The third-order valence-electron chi connectivity index (χ3n) is 13.0. The maximum absolute atomic E-state index is 6.84. The molecular formula is C61H41NO. The molecule has 63 heavy (non-hydrogen) atoms. The van der Waals surface area contributed by atoms with E-state index in [0.717, 1.165) is 39.0 Å². The fourth-order valence-electron chi connectivity index (χ4n) is 10.2. The Morgan fingerprint density at radius 1 is 0.333 bits per heavy atom. The lowest BCUT2D eigenvalue weighted by atomic mass is 9.67. The van der Waals surface area contributed by atoms with E-state index in [2.05, 4.69) is 248 Å². The Balaban J connectivity index is 1.16. The van der Waals surface area contributed by atoms with Crippen LogP contribution in [0.2, 0.25) is 0 Å². The topological polar surface area (TPSA) is 16.4 Å². The molecule has 0 amide bonds. The minimum absolute atomic E-state index is 0.661. The Morgan fingerprint density at radius 3 is 1.48 bits per heavy atom. The highest BCUT2D eigenvalue weighted by atomic mass is 16.3. The molecule has 2 nitrogen and oxygen atoms in total. The zero-order valence-electron chi connectivity index (χ0n) is 34.5. The number of para-hydroxylation sites is 2. The van der Waals surface area contributed by atoms with Crippen molar-refractivity contribution in [2.75, 3.05) is 4.90 Å². The molecule has 0 atom stereocenters. The molecule has 0 spiro atoms. The van der Waals surface area contributed by atoms with Gasteiger partial charge in [-0.25, -0.2) is 0 Å². The van der Waals surface area contributed by atoms with Gasteiger partial charge in [-0.3, -0.25) is 0 Å². The van der Waals surface area contributed by atoms with E-state index in [-0.39, 0.29) is 0 Å². The van der Waals surface area contributed by atoms with Gasteiger partial charge in [0.15, 0.2) is 5.58 Å². The van der Waals surface area contributed by atoms with Crippen molar-refractivity contribution in [2.24, 2.45) is 0 Å². The molecule has 0 fully saturated rings. The third kappa shape index (κ3) is 5.95. The molecule has 12 rings (SSSR count). The van der Waals surface area contributed by atoms with Crippen molar-refractivity contribution in [1.29, 1.82) is 0 Å². The second-order valence-electron chi connectivity index (χ2n) is 16.4. The summed E-state index contributed by atoms with van der Waals surface area (Å²) < 4.78 is 6.84. The number of nitrogens with zero attached hydrogens (tertiary/aromatic N) is 1. The molecule has 0 N–H and O–H groups in total. The van der Waals surface area contributed by atoms with Crippen LogP contribution in [0.5, 0.6) is 0 Å². The lowest BCUT2D eigenvalue weighted by molar-refractivity contribution is 0.669. The summed E-state index contributed by atoms with van der Waals surface area (Å²) in [6.45, 7) is 0. The highest BCUT2D eigenvalue weighted by Crippen LogP contribution is 2.60. The van der Waals surface area contributed by atoms with Gasteiger partial charge >= 0.3 is 0 Å². The van der Waals surface area contributed by atoms with Crippen LogP contribution in [0.25, 0.3) is 66.4 Å². The number of hydrogen-bond donors (Lipinski definition) is 0. The molecule has 10 aromatic carbocycles. The van der Waals surface area contributed by atoms with Crippen LogP contribution in [0.3, 0.4) is 0 Å². The van der Waals surface area contributed by atoms with Crippen LogP contribution in [0, 0.1) is 0 Å². The number of rotatable bonds is 8. The zero-order valence-corrected chi connectivity index (χ0v) is 34.5. The first-order valence-electron chi connectivity index (χ1n) is 21.7. The van der Waals surface area contributed by atoms with E-state index >= 15 is 0 Å². The highest BCUT2D eigenvalue weighted by Gasteiger charge is 2.47. The van der Waals surface area contributed by atoms with E-state index in [4.69, 9.17) is 4.42 Å². The molecule has 0 unspecified atom stereocenters. The molecule has 0 aliphatic heterocycles. The molecule has 0 bridgehead atoms. The normalized spacial score (nSPS) is 12.6. The lowest BCUT2D eigenvalue weighted by Crippen LogP contribution is -2.28. The summed E-state index contributed by atoms with van der Waals surface area (Å²) in [4.78, 5) is 2.42. The first-order chi connectivity index (χ1) is 31.3. The maximum atomic E-state index is 6.84. The van der Waals surface area contributed by atoms with Gasteiger partial charge in [-0.05, 0) is 104 Å². The Kier molecular flexibility index (Phi) is 8.76. The summed E-state index contributed by atoms with van der Waals surface area (Å²) in [5.41, 5.74) is 18.6. The monoisotopic (exact) mass is 803 g/mol. The average Bonchev–Trinajstić information content (AvgIpc) is 3.90. The lowest BCUT2D eigenvalue weighted by Gasteiger charge is -2.35. The highest BCUT2D eigenvalue weighted by molar-refractivity contribution is 6.11. The van der Waals surface area contributed by atoms with Crippen LogP contribution >= 0.6 is 0 Å². The van der Waals surface area contributed by atoms with E-state index in [1.165, 1.54) is 66.8 Å². The third-order valence-corrected chi connectivity index (χ3v) is 13.0. The van der Waals surface area contributed by atoms with Crippen LogP contribution < -0.4 is 4.90 Å². The Bertz CT molecular complexity index is 3360. The number of furan rings is 1. The zero-order chi connectivity index (χ0) is 41.7. The van der Waals surface area contributed by atoms with Crippen molar-refractivity contribution in [3.63, 3.8) is 0 Å². The molecule has 0 radical (unpaired) electrons. The summed E-state index contributed by atoms with van der Waals surface area (Å²) in [5, 5.41) is 2.19. The SMILES string of the molecule is c1ccc(-c2ccc(N(c3cccc4c3-c3ccccc3C4(c3cccc(-c4ccccc4)c3)c3cccc(-c4ccccc4)c3)c3cccc4c3oc3ccccc34)cc2)cc1. The first-order valence-corrected chi connectivity index (χ1v) is 21.7. The van der Waals surface area contributed by atoms with Crippen LogP contribution in [0.15, 0.2) is 253 Å². The van der Waals surface area contributed by atoms with Gasteiger partial charge in [-0.2, -0.15) is 0 Å². The molecule has 0 saturated carbocycles. The van der Waals surface area contributed by atoms with Gasteiger partial charge in [-0.15, -0.1) is 0 Å². The van der Waals surface area contributed by atoms with Gasteiger partial charge in [0.2, 0.25) is 0 Å². The molecular weight excluding hydrogens is 763 g/mol. The summed E-state index contributed by atoms with van der Waals surface area (Å²) in [7, 11) is 0. The first kappa shape index (κ1) is 36.6. The van der Waals surface area contributed by atoms with Crippen molar-refractivity contribution in [3.05, 3.63) is 271 Å². The molecule has 1 aliphatic rings. The standard InChI is InChI=1S/C61H41NO/c1-4-18-42(19-5-1)45-36-38-50(39-37-45)62(57-34-16-30-52-51-28-11-13-35-58(51)63-60(52)57)56-33-17-32-55-59(56)53-29-10-12-31-54(53)61(55,48-26-14-24-46(40-48)43-20-6-2-7-21-43)49-27-15-25-47(41-49)44-22-8-3-9-23-44/h1-41H. The van der Waals surface area contributed by atoms with E-state index < -0.39 is 5.41 Å². The van der Waals surface area contributed by atoms with E-state index in [1.807, 2.05) is 6.07 Å². The van der Waals surface area contributed by atoms with Crippen LogP contribution in [0.4, 0.5) is 17.1 Å². The summed E-state index contributed by atoms with van der Waals surface area (Å²) in [6, 6.07) is 90.3. The molecule has 1 aromatic heterocycles. The minimum Gasteiger partial charge on any atom is -0.454 e. The molecule has 1 heterocycles. The quantitative estimate of drug-likeness (QED) is 0.152. The molecule has 296 valence electrons. The van der Waals surface area contributed by atoms with Crippen LogP contribution in [-0.2, 0) is 5.41 Å². The second kappa shape index (κ2) is 15.1. The van der Waals surface area contributed by atoms with Crippen molar-refractivity contribution in [1.82, 2.24) is 0 Å². The summed E-state index contributed by atoms with van der Waals surface area (Å²) in [5.74, 6) is 0. The van der Waals surface area contributed by atoms with Crippen molar-refractivity contribution >= 4 is 39.0 Å². The van der Waals surface area contributed by atoms with Gasteiger partial charge < -0.3 is 9.32 Å². The number of benzene rings is 10. The fraction of sp³-hybridized carbons (Fsp3) is 0.0164. The Labute approximate surface area is 367 Å². The van der Waals surface area contributed by atoms with Gasteiger partial charge in [-0.1, -0.05) is 206 Å². The van der Waals surface area contributed by atoms with Gasteiger partial charge in [0.25, 0.3) is 0 Å². The molecule has 1 aliphatic carbocycles. The number of fused-ring (bicyclic) bond motifs is 6. The second-order valence-corrected chi connectivity index (χ2v) is 16.4. The van der Waals surface area contributed by atoms with Crippen LogP contribution in [-0.4, -0.2) is 0 Å². The average molecular weight is 804 g/mol. The van der Waals surface area contributed by atoms with Gasteiger partial charge in [0.05, 0.1) is 16.8 Å². The van der Waals surface area contributed by atoms with Crippen molar-refractivity contribution in [2.45, 2.75) is 5.41 Å². The summed E-state index contributed by atoms with van der Waals surface area (Å²) >= 11 is 0. The van der Waals surface area contributed by atoms with Crippen molar-refractivity contribution < 1.29 is 4.42 Å². The predicted molar refractivity (Wildman–Crippen MR) is 262 cm³/mol. The van der Waals surface area contributed by atoms with Crippen LogP contribution in [0.1, 0.15) is 22.3 Å². The molecule has 11 aromatic rings.